The summed E-state index contributed by atoms with van der Waals surface area (Å²) in [7, 11) is 0. The van der Waals surface area contributed by atoms with Gasteiger partial charge in [0, 0.05) is 12.1 Å². The number of thiazole rings is 1. The summed E-state index contributed by atoms with van der Waals surface area (Å²) >= 11 is 2.77. The topological polar surface area (TPSA) is 121 Å². The number of fused-ring (bicyclic) bond motifs is 1. The van der Waals surface area contributed by atoms with Crippen LogP contribution < -0.4 is 10.5 Å². The van der Waals surface area contributed by atoms with Gasteiger partial charge in [0.25, 0.3) is 11.6 Å². The number of nitrogens with zero attached hydrogens (tertiary/aromatic N) is 3. The van der Waals surface area contributed by atoms with Gasteiger partial charge in [0.15, 0.2) is 4.34 Å². The Hall–Kier alpha value is -2.98. The quantitative estimate of drug-likeness (QED) is 0.300. The maximum atomic E-state index is 11.8. The highest BCUT2D eigenvalue weighted by molar-refractivity contribution is 8.01. The number of carbonyl (C=O) groups is 1. The number of nitro benzene ring substituents is 1. The van der Waals surface area contributed by atoms with Gasteiger partial charge in [0.2, 0.25) is 0 Å². The summed E-state index contributed by atoms with van der Waals surface area (Å²) in [6.45, 7) is 0. The zero-order valence-electron chi connectivity index (χ0n) is 13.1. The number of hydrogen-bond acceptors (Lipinski definition) is 8. The van der Waals surface area contributed by atoms with Crippen molar-refractivity contribution in [3.63, 3.8) is 0 Å². The number of carbonyl (C=O) groups excluding carboxylic acids is 1. The third-order valence-electron chi connectivity index (χ3n) is 3.20. The summed E-state index contributed by atoms with van der Waals surface area (Å²) in [5, 5.41) is 26.0. The second kappa shape index (κ2) is 7.93. The number of thioether (sulfide) groups is 1. The van der Waals surface area contributed by atoms with Crippen molar-refractivity contribution in [3.05, 3.63) is 58.1 Å². The number of non-ortho nitro benzene ring substituents is 1. The van der Waals surface area contributed by atoms with Gasteiger partial charge in [-0.15, -0.1) is 11.3 Å². The Bertz CT molecular complexity index is 970. The van der Waals surface area contributed by atoms with Crippen molar-refractivity contribution >= 4 is 51.1 Å². The Kier molecular flexibility index (Phi) is 5.44. The molecule has 0 saturated carbocycles. The molecule has 1 amide bonds. The van der Waals surface area contributed by atoms with Crippen LogP contribution in [0.5, 0.6) is 5.75 Å². The van der Waals surface area contributed by atoms with Gasteiger partial charge >= 0.3 is 0 Å². The zero-order valence-corrected chi connectivity index (χ0v) is 14.8. The van der Waals surface area contributed by atoms with Gasteiger partial charge in [-0.05, 0) is 17.7 Å². The highest BCUT2D eigenvalue weighted by Crippen LogP contribution is 2.29. The van der Waals surface area contributed by atoms with E-state index in [0.717, 1.165) is 39.0 Å². The van der Waals surface area contributed by atoms with Crippen LogP contribution in [0.4, 0.5) is 5.69 Å². The van der Waals surface area contributed by atoms with Crippen molar-refractivity contribution in [3.8, 4) is 5.75 Å². The van der Waals surface area contributed by atoms with Crippen LogP contribution in [0.3, 0.4) is 0 Å². The minimum absolute atomic E-state index is 0.0262. The second-order valence-electron chi connectivity index (χ2n) is 5.01. The van der Waals surface area contributed by atoms with E-state index >= 15 is 0 Å². The van der Waals surface area contributed by atoms with Crippen LogP contribution in [0.1, 0.15) is 5.56 Å². The lowest BCUT2D eigenvalue weighted by Gasteiger charge is -2.08. The van der Waals surface area contributed by atoms with Crippen molar-refractivity contribution in [2.75, 3.05) is 5.75 Å². The molecule has 0 unspecified atom stereocenters. The number of rotatable bonds is 6. The third-order valence-corrected chi connectivity index (χ3v) is 5.38. The van der Waals surface area contributed by atoms with Crippen molar-refractivity contribution in [1.82, 2.24) is 10.4 Å². The molecular weight excluding hydrogens is 376 g/mol. The number of hydrazone groups is 1. The summed E-state index contributed by atoms with van der Waals surface area (Å²) in [6.07, 6.45) is 1.09. The van der Waals surface area contributed by atoms with Crippen LogP contribution >= 0.6 is 23.1 Å². The first-order valence-corrected chi connectivity index (χ1v) is 9.09. The van der Waals surface area contributed by atoms with Crippen LogP contribution in [0.2, 0.25) is 0 Å². The van der Waals surface area contributed by atoms with Gasteiger partial charge in [0.1, 0.15) is 0 Å². The SMILES string of the molecule is O=C(CSc1nc2ccccc2s1)NN=Cc1cc([N+](=O)[O-])ccc1[O-]. The molecule has 3 rings (SSSR count). The first kappa shape index (κ1) is 17.8. The molecule has 8 nitrogen and oxygen atoms in total. The molecule has 0 bridgehead atoms. The Morgan fingerprint density at radius 3 is 2.92 bits per heavy atom. The Labute approximate surface area is 155 Å². The van der Waals surface area contributed by atoms with Crippen LogP contribution in [0.25, 0.3) is 10.2 Å². The van der Waals surface area contributed by atoms with Gasteiger partial charge in [-0.25, -0.2) is 10.4 Å². The van der Waals surface area contributed by atoms with E-state index in [-0.39, 0.29) is 22.9 Å². The standard InChI is InChI=1S/C16H12N4O4S2/c21-13-6-5-11(20(23)24)7-10(13)8-17-19-15(22)9-25-16-18-12-3-1-2-4-14(12)26-16/h1-8,21H,9H2,(H,19,22)/p-1. The lowest BCUT2D eigenvalue weighted by molar-refractivity contribution is -0.385. The van der Waals surface area contributed by atoms with Crippen LogP contribution in [-0.2, 0) is 4.79 Å². The van der Waals surface area contributed by atoms with Crippen molar-refractivity contribution in [2.24, 2.45) is 5.10 Å². The number of nitro groups is 1. The minimum Gasteiger partial charge on any atom is -0.872 e. The molecular formula is C16H11N4O4S2-. The molecule has 0 atom stereocenters. The lowest BCUT2D eigenvalue weighted by atomic mass is 10.2. The van der Waals surface area contributed by atoms with Crippen molar-refractivity contribution in [2.45, 2.75) is 4.34 Å². The molecule has 132 valence electrons. The molecule has 2 aromatic carbocycles. The number of para-hydroxylation sites is 1. The Balaban J connectivity index is 1.56. The fourth-order valence-corrected chi connectivity index (χ4v) is 3.86. The molecule has 1 heterocycles. The fourth-order valence-electron chi connectivity index (χ4n) is 2.00. The molecule has 0 saturated heterocycles. The van der Waals surface area contributed by atoms with Crippen LogP contribution in [-0.4, -0.2) is 27.8 Å². The maximum Gasteiger partial charge on any atom is 0.270 e. The summed E-state index contributed by atoms with van der Waals surface area (Å²) in [5.74, 6) is -0.683. The Morgan fingerprint density at radius 2 is 2.15 bits per heavy atom. The van der Waals surface area contributed by atoms with E-state index in [0.29, 0.717) is 0 Å². The van der Waals surface area contributed by atoms with Gasteiger partial charge in [-0.2, -0.15) is 5.10 Å². The molecule has 10 heteroatoms. The van der Waals surface area contributed by atoms with E-state index in [1.807, 2.05) is 24.3 Å². The third kappa shape index (κ3) is 4.35. The van der Waals surface area contributed by atoms with Crippen molar-refractivity contribution < 1.29 is 14.8 Å². The number of benzene rings is 2. The molecule has 3 aromatic rings. The average molecular weight is 387 g/mol. The number of aromatic nitrogens is 1. The smallest absolute Gasteiger partial charge is 0.270 e. The summed E-state index contributed by atoms with van der Waals surface area (Å²) in [6, 6.07) is 11.0. The fraction of sp³-hybridized carbons (Fsp3) is 0.0625. The maximum absolute atomic E-state index is 11.8. The molecule has 0 aliphatic heterocycles. The first-order valence-electron chi connectivity index (χ1n) is 7.28. The molecule has 0 spiro atoms. The average Bonchev–Trinajstić information content (AvgIpc) is 3.04. The van der Waals surface area contributed by atoms with E-state index < -0.39 is 10.7 Å². The molecule has 1 N–H and O–H groups in total. The second-order valence-corrected chi connectivity index (χ2v) is 7.26. The highest BCUT2D eigenvalue weighted by Gasteiger charge is 2.08. The zero-order chi connectivity index (χ0) is 18.5. The molecule has 1 aromatic heterocycles. The molecule has 0 aliphatic carbocycles. The van der Waals surface area contributed by atoms with Gasteiger partial charge in [-0.3, -0.25) is 14.9 Å². The van der Waals surface area contributed by atoms with E-state index in [1.54, 1.807) is 0 Å². The van der Waals surface area contributed by atoms with Gasteiger partial charge in [-0.1, -0.05) is 35.7 Å². The predicted octanol–water partition coefficient (Wildman–Crippen LogP) is 2.52. The van der Waals surface area contributed by atoms with E-state index in [4.69, 9.17) is 0 Å². The van der Waals surface area contributed by atoms with Crippen LogP contribution in [0, 0.1) is 10.1 Å². The number of hydrogen-bond donors (Lipinski definition) is 1. The number of nitrogens with one attached hydrogen (secondary N) is 1. The number of amides is 1. The van der Waals surface area contributed by atoms with E-state index in [9.17, 15) is 20.0 Å². The summed E-state index contributed by atoms with van der Waals surface area (Å²) in [4.78, 5) is 26.3. The normalized spacial score (nSPS) is 11.1. The Morgan fingerprint density at radius 1 is 1.35 bits per heavy atom. The molecule has 0 radical (unpaired) electrons. The largest absolute Gasteiger partial charge is 0.872 e. The minimum atomic E-state index is -0.607. The van der Waals surface area contributed by atoms with Gasteiger partial charge < -0.3 is 5.11 Å². The van der Waals surface area contributed by atoms with E-state index in [1.165, 1.54) is 23.1 Å². The molecule has 0 aliphatic rings. The van der Waals surface area contributed by atoms with Crippen molar-refractivity contribution in [1.29, 1.82) is 0 Å². The summed E-state index contributed by atoms with van der Waals surface area (Å²) in [5.41, 5.74) is 2.98. The molecule has 0 fully saturated rings. The monoisotopic (exact) mass is 387 g/mol. The summed E-state index contributed by atoms with van der Waals surface area (Å²) < 4.78 is 1.81. The van der Waals surface area contributed by atoms with Gasteiger partial charge in [0.05, 0.1) is 27.1 Å². The first-order chi connectivity index (χ1) is 12.5. The molecule has 26 heavy (non-hydrogen) atoms. The van der Waals surface area contributed by atoms with E-state index in [2.05, 4.69) is 15.5 Å². The lowest BCUT2D eigenvalue weighted by Crippen LogP contribution is -2.19. The predicted molar refractivity (Wildman–Crippen MR) is 98.6 cm³/mol. The van der Waals surface area contributed by atoms with Crippen LogP contribution in [0.15, 0.2) is 51.9 Å². The highest BCUT2D eigenvalue weighted by atomic mass is 32.2.